The highest BCUT2D eigenvalue weighted by atomic mass is 127. The highest BCUT2D eigenvalue weighted by Gasteiger charge is 2.16. The van der Waals surface area contributed by atoms with E-state index in [9.17, 15) is 5.11 Å². The van der Waals surface area contributed by atoms with Gasteiger partial charge in [-0.3, -0.25) is 9.89 Å². The van der Waals surface area contributed by atoms with Gasteiger partial charge in [-0.15, -0.1) is 35.3 Å². The molecule has 0 atom stereocenters. The number of likely N-dealkylation sites (tertiary alicyclic amines) is 1. The highest BCUT2D eigenvalue weighted by molar-refractivity contribution is 14.0. The molecule has 1 aliphatic rings. The molecule has 1 aromatic heterocycles. The third kappa shape index (κ3) is 7.71. The van der Waals surface area contributed by atoms with Crippen LogP contribution in [0.2, 0.25) is 4.34 Å². The quantitative estimate of drug-likeness (QED) is 0.323. The average Bonchev–Trinajstić information content (AvgIpc) is 3.10. The summed E-state index contributed by atoms with van der Waals surface area (Å²) in [4.78, 5) is 10.1. The first-order chi connectivity index (χ1) is 13.5. The number of rotatable bonds is 6. The molecule has 1 aliphatic heterocycles. The smallest absolute Gasteiger partial charge is 0.193 e. The number of aliphatic hydroxyl groups is 1. The minimum Gasteiger partial charge on any atom is -0.393 e. The van der Waals surface area contributed by atoms with Gasteiger partial charge in [-0.05, 0) is 36.1 Å². The summed E-state index contributed by atoms with van der Waals surface area (Å²) in [5.74, 6) is 0.862. The average molecular weight is 549 g/mol. The molecule has 29 heavy (non-hydrogen) atoms. The molecule has 0 saturated carbocycles. The molecule has 0 bridgehead atoms. The van der Waals surface area contributed by atoms with E-state index in [0.29, 0.717) is 0 Å². The van der Waals surface area contributed by atoms with Crippen LogP contribution in [0.3, 0.4) is 0 Å². The van der Waals surface area contributed by atoms with Gasteiger partial charge in [0.1, 0.15) is 0 Å². The lowest BCUT2D eigenvalue weighted by atomic mass is 10.1. The third-order valence-corrected chi connectivity index (χ3v) is 6.25. The minimum absolute atomic E-state index is 0. The van der Waals surface area contributed by atoms with Crippen molar-refractivity contribution in [3.8, 4) is 0 Å². The molecule has 1 saturated heterocycles. The molecule has 8 heteroatoms. The Balaban J connectivity index is 0.00000300. The molecule has 160 valence electrons. The molecule has 2 heterocycles. The maximum atomic E-state index is 9.62. The SMILES string of the molecule is CN=C(NCc1ccc(CN2CCC(O)CC2)cc1)N(C)Cc1ccc(Cl)s1.I. The Labute approximate surface area is 199 Å². The third-order valence-electron chi connectivity index (χ3n) is 5.03. The Hall–Kier alpha value is -0.870. The van der Waals surface area contributed by atoms with Crippen LogP contribution in [0.1, 0.15) is 28.8 Å². The summed E-state index contributed by atoms with van der Waals surface area (Å²) in [6, 6.07) is 12.7. The van der Waals surface area contributed by atoms with Crippen LogP contribution < -0.4 is 5.32 Å². The van der Waals surface area contributed by atoms with Crippen molar-refractivity contribution < 1.29 is 5.11 Å². The summed E-state index contributed by atoms with van der Waals surface area (Å²) in [6.07, 6.45) is 1.65. The molecule has 0 radical (unpaired) electrons. The highest BCUT2D eigenvalue weighted by Crippen LogP contribution is 2.22. The lowest BCUT2D eigenvalue weighted by Crippen LogP contribution is -2.37. The van der Waals surface area contributed by atoms with Crippen LogP contribution in [0.4, 0.5) is 0 Å². The first-order valence-corrected chi connectivity index (χ1v) is 10.9. The van der Waals surface area contributed by atoms with Crippen molar-refractivity contribution in [1.82, 2.24) is 15.1 Å². The summed E-state index contributed by atoms with van der Waals surface area (Å²) >= 11 is 7.62. The summed E-state index contributed by atoms with van der Waals surface area (Å²) in [7, 11) is 3.83. The monoisotopic (exact) mass is 548 g/mol. The zero-order valence-electron chi connectivity index (χ0n) is 17.0. The van der Waals surface area contributed by atoms with E-state index in [1.165, 1.54) is 16.0 Å². The number of aliphatic imine (C=N–C) groups is 1. The van der Waals surface area contributed by atoms with Gasteiger partial charge >= 0.3 is 0 Å². The standard InChI is InChI=1S/C21H29ClN4OS.HI/c1-23-21(25(2)15-19-7-8-20(22)28-19)24-13-16-3-5-17(6-4-16)14-26-11-9-18(27)10-12-26;/h3-8,18,27H,9-15H2,1-2H3,(H,23,24);1H. The Kier molecular flexibility index (Phi) is 10.2. The second-order valence-electron chi connectivity index (χ2n) is 7.29. The summed E-state index contributed by atoms with van der Waals surface area (Å²) in [5.41, 5.74) is 2.54. The van der Waals surface area contributed by atoms with Gasteiger partial charge < -0.3 is 15.3 Å². The number of aliphatic hydroxyl groups excluding tert-OH is 1. The lowest BCUT2D eigenvalue weighted by Gasteiger charge is -2.29. The maximum Gasteiger partial charge on any atom is 0.193 e. The van der Waals surface area contributed by atoms with Gasteiger partial charge in [-0.25, -0.2) is 0 Å². The molecule has 2 aromatic rings. The van der Waals surface area contributed by atoms with Gasteiger partial charge in [0.25, 0.3) is 0 Å². The normalized spacial score (nSPS) is 15.8. The molecule has 2 N–H and O–H groups in total. The van der Waals surface area contributed by atoms with E-state index in [2.05, 4.69) is 50.4 Å². The van der Waals surface area contributed by atoms with Crippen LogP contribution in [0.15, 0.2) is 41.4 Å². The van der Waals surface area contributed by atoms with Crippen molar-refractivity contribution >= 4 is 52.9 Å². The van der Waals surface area contributed by atoms with Gasteiger partial charge in [-0.1, -0.05) is 35.9 Å². The molecule has 1 fully saturated rings. The lowest BCUT2D eigenvalue weighted by molar-refractivity contribution is 0.0792. The van der Waals surface area contributed by atoms with E-state index in [4.69, 9.17) is 11.6 Å². The number of piperidine rings is 1. The van der Waals surface area contributed by atoms with Crippen LogP contribution in [-0.2, 0) is 19.6 Å². The van der Waals surface area contributed by atoms with Crippen molar-refractivity contribution in [1.29, 1.82) is 0 Å². The van der Waals surface area contributed by atoms with Crippen LogP contribution in [0, 0.1) is 0 Å². The van der Waals surface area contributed by atoms with Gasteiger partial charge in [0.05, 0.1) is 17.0 Å². The molecule has 0 spiro atoms. The number of benzene rings is 1. The molecule has 0 unspecified atom stereocenters. The molecule has 3 rings (SSSR count). The number of hydrogen-bond acceptors (Lipinski definition) is 4. The molecule has 5 nitrogen and oxygen atoms in total. The zero-order valence-corrected chi connectivity index (χ0v) is 20.9. The largest absolute Gasteiger partial charge is 0.393 e. The number of nitrogens with one attached hydrogen (secondary N) is 1. The Bertz CT molecular complexity index is 775. The predicted octanol–water partition coefficient (Wildman–Crippen LogP) is 4.18. The molecular weight excluding hydrogens is 519 g/mol. The Morgan fingerprint density at radius 2 is 1.86 bits per heavy atom. The zero-order chi connectivity index (χ0) is 19.9. The van der Waals surface area contributed by atoms with Crippen LogP contribution in [0.25, 0.3) is 0 Å². The predicted molar refractivity (Wildman–Crippen MR) is 133 cm³/mol. The van der Waals surface area contributed by atoms with Crippen molar-refractivity contribution in [2.75, 3.05) is 27.2 Å². The van der Waals surface area contributed by atoms with E-state index in [0.717, 1.165) is 55.9 Å². The number of thiophene rings is 1. The van der Waals surface area contributed by atoms with E-state index < -0.39 is 0 Å². The minimum atomic E-state index is -0.117. The maximum absolute atomic E-state index is 9.62. The second kappa shape index (κ2) is 12.1. The van der Waals surface area contributed by atoms with Crippen LogP contribution >= 0.6 is 46.9 Å². The Morgan fingerprint density at radius 1 is 1.21 bits per heavy atom. The second-order valence-corrected chi connectivity index (χ2v) is 9.09. The number of hydrogen-bond donors (Lipinski definition) is 2. The molecule has 0 aliphatic carbocycles. The van der Waals surface area contributed by atoms with Crippen molar-refractivity contribution in [2.45, 2.75) is 38.6 Å². The number of halogens is 2. The van der Waals surface area contributed by atoms with E-state index in [-0.39, 0.29) is 30.1 Å². The number of guanidine groups is 1. The van der Waals surface area contributed by atoms with Crippen molar-refractivity contribution in [3.63, 3.8) is 0 Å². The Morgan fingerprint density at radius 3 is 2.45 bits per heavy atom. The van der Waals surface area contributed by atoms with Crippen molar-refractivity contribution in [2.24, 2.45) is 4.99 Å². The van der Waals surface area contributed by atoms with E-state index >= 15 is 0 Å². The van der Waals surface area contributed by atoms with Gasteiger partial charge in [0, 0.05) is 45.2 Å². The fraction of sp³-hybridized carbons (Fsp3) is 0.476. The topological polar surface area (TPSA) is 51.1 Å². The fourth-order valence-corrected chi connectivity index (χ4v) is 4.55. The molecular formula is C21H30ClIN4OS. The molecule has 0 amide bonds. The van der Waals surface area contributed by atoms with Gasteiger partial charge in [0.15, 0.2) is 5.96 Å². The van der Waals surface area contributed by atoms with E-state index in [1.54, 1.807) is 18.4 Å². The summed E-state index contributed by atoms with van der Waals surface area (Å²) < 4.78 is 0.812. The van der Waals surface area contributed by atoms with Crippen LogP contribution in [-0.4, -0.2) is 54.2 Å². The van der Waals surface area contributed by atoms with Gasteiger partial charge in [0.2, 0.25) is 0 Å². The van der Waals surface area contributed by atoms with E-state index in [1.807, 2.05) is 13.1 Å². The van der Waals surface area contributed by atoms with Gasteiger partial charge in [-0.2, -0.15) is 0 Å². The van der Waals surface area contributed by atoms with Crippen LogP contribution in [0.5, 0.6) is 0 Å². The molecule has 1 aromatic carbocycles. The summed E-state index contributed by atoms with van der Waals surface area (Å²) in [6.45, 7) is 4.41. The number of nitrogens with zero attached hydrogens (tertiary/aromatic N) is 3. The van der Waals surface area contributed by atoms with Crippen molar-refractivity contribution in [3.05, 3.63) is 56.7 Å². The summed E-state index contributed by atoms with van der Waals surface area (Å²) in [5, 5.41) is 13.1. The first kappa shape index (κ1) is 24.4. The fourth-order valence-electron chi connectivity index (χ4n) is 3.41. The first-order valence-electron chi connectivity index (χ1n) is 9.67.